The van der Waals surface area contributed by atoms with Crippen LogP contribution in [0.5, 0.6) is 0 Å². The van der Waals surface area contributed by atoms with Gasteiger partial charge in [-0.2, -0.15) is 0 Å². The number of rotatable bonds is 3. The first-order valence-corrected chi connectivity index (χ1v) is 6.44. The first-order chi connectivity index (χ1) is 7.54. The smallest absolute Gasteiger partial charge is 0.104 e. The van der Waals surface area contributed by atoms with E-state index in [4.69, 9.17) is 0 Å². The number of quaternary nitrogens is 1. The first kappa shape index (κ1) is 11.7. The zero-order chi connectivity index (χ0) is 11.6. The Balaban J connectivity index is 2.04. The largest absolute Gasteiger partial charge is 0.327 e. The van der Waals surface area contributed by atoms with Gasteiger partial charge in [0.05, 0.1) is 21.1 Å². The van der Waals surface area contributed by atoms with Crippen molar-refractivity contribution in [2.45, 2.75) is 38.1 Å². The van der Waals surface area contributed by atoms with Gasteiger partial charge in [0.1, 0.15) is 6.54 Å². The predicted molar refractivity (Wildman–Crippen MR) is 69.4 cm³/mol. The van der Waals surface area contributed by atoms with Crippen molar-refractivity contribution in [3.05, 3.63) is 35.4 Å². The van der Waals surface area contributed by atoms with Crippen LogP contribution < -0.4 is 0 Å². The fourth-order valence-corrected chi connectivity index (χ4v) is 2.70. The quantitative estimate of drug-likeness (QED) is 0.681. The lowest BCUT2D eigenvalue weighted by atomic mass is 9.96. The third kappa shape index (κ3) is 3.08. The zero-order valence-electron chi connectivity index (χ0n) is 10.9. The van der Waals surface area contributed by atoms with Crippen molar-refractivity contribution in [1.29, 1.82) is 0 Å². The van der Waals surface area contributed by atoms with Gasteiger partial charge in [-0.1, -0.05) is 37.1 Å². The standard InChI is InChI=1S/C15H24N/c1-16(2,3)12-13-8-10-15(11-9-13)14-6-4-5-7-14/h8-11,14H,4-7,12H2,1-3H3/q+1. The molecule has 0 atom stereocenters. The van der Waals surface area contributed by atoms with Crippen LogP contribution in [0.15, 0.2) is 24.3 Å². The number of hydrogen-bond donors (Lipinski definition) is 0. The maximum atomic E-state index is 2.35. The highest BCUT2D eigenvalue weighted by Gasteiger charge is 2.17. The van der Waals surface area contributed by atoms with Gasteiger partial charge in [-0.05, 0) is 24.3 Å². The summed E-state index contributed by atoms with van der Waals surface area (Å²) in [7, 11) is 6.72. The van der Waals surface area contributed by atoms with Crippen LogP contribution in [0.3, 0.4) is 0 Å². The van der Waals surface area contributed by atoms with Gasteiger partial charge in [-0.25, -0.2) is 0 Å². The lowest BCUT2D eigenvalue weighted by Crippen LogP contribution is -2.33. The van der Waals surface area contributed by atoms with E-state index >= 15 is 0 Å². The maximum Gasteiger partial charge on any atom is 0.104 e. The summed E-state index contributed by atoms with van der Waals surface area (Å²) in [6.45, 7) is 1.12. The number of hydrogen-bond acceptors (Lipinski definition) is 0. The Hall–Kier alpha value is -0.820. The van der Waals surface area contributed by atoms with E-state index in [1.54, 1.807) is 5.56 Å². The van der Waals surface area contributed by atoms with Crippen LogP contribution in [0.1, 0.15) is 42.7 Å². The highest BCUT2D eigenvalue weighted by Crippen LogP contribution is 2.34. The molecule has 1 aromatic rings. The Labute approximate surface area is 99.7 Å². The monoisotopic (exact) mass is 218 g/mol. The molecule has 0 radical (unpaired) electrons. The van der Waals surface area contributed by atoms with Crippen molar-refractivity contribution in [2.75, 3.05) is 21.1 Å². The van der Waals surface area contributed by atoms with E-state index in [0.29, 0.717) is 0 Å². The van der Waals surface area contributed by atoms with Gasteiger partial charge in [0, 0.05) is 5.56 Å². The summed E-state index contributed by atoms with van der Waals surface area (Å²) in [5.41, 5.74) is 3.01. The molecule has 0 aromatic heterocycles. The maximum absolute atomic E-state index is 2.35. The highest BCUT2D eigenvalue weighted by molar-refractivity contribution is 5.25. The molecule has 1 aromatic carbocycles. The Morgan fingerprint density at radius 2 is 1.56 bits per heavy atom. The fourth-order valence-electron chi connectivity index (χ4n) is 2.70. The average Bonchev–Trinajstić information content (AvgIpc) is 2.69. The number of benzene rings is 1. The summed E-state index contributed by atoms with van der Waals surface area (Å²) in [5, 5.41) is 0. The Morgan fingerprint density at radius 1 is 1.00 bits per heavy atom. The first-order valence-electron chi connectivity index (χ1n) is 6.44. The molecule has 0 unspecified atom stereocenters. The number of nitrogens with zero attached hydrogens (tertiary/aromatic N) is 1. The van der Waals surface area contributed by atoms with Gasteiger partial charge in [0.15, 0.2) is 0 Å². The molecule has 1 fully saturated rings. The summed E-state index contributed by atoms with van der Waals surface area (Å²) in [5.74, 6) is 0.846. The molecule has 1 heteroatoms. The van der Waals surface area contributed by atoms with Crippen LogP contribution in [0.2, 0.25) is 0 Å². The molecule has 0 saturated heterocycles. The third-order valence-electron chi connectivity index (χ3n) is 3.46. The molecule has 1 nitrogen and oxygen atoms in total. The van der Waals surface area contributed by atoms with E-state index in [0.717, 1.165) is 16.9 Å². The minimum Gasteiger partial charge on any atom is -0.327 e. The van der Waals surface area contributed by atoms with Gasteiger partial charge in [-0.15, -0.1) is 0 Å². The van der Waals surface area contributed by atoms with Crippen LogP contribution >= 0.6 is 0 Å². The molecular formula is C15H24N+. The minimum absolute atomic E-state index is 0.846. The van der Waals surface area contributed by atoms with Crippen LogP contribution in [0, 0.1) is 0 Å². The van der Waals surface area contributed by atoms with Gasteiger partial charge in [-0.3, -0.25) is 0 Å². The second-order valence-corrected chi connectivity index (χ2v) is 6.17. The summed E-state index contributed by atoms with van der Waals surface area (Å²) in [6, 6.07) is 9.33. The molecule has 0 amide bonds. The molecule has 1 aliphatic carbocycles. The molecule has 0 heterocycles. The van der Waals surface area contributed by atoms with Gasteiger partial charge in [0.25, 0.3) is 0 Å². The van der Waals surface area contributed by atoms with E-state index in [-0.39, 0.29) is 0 Å². The molecule has 0 aliphatic heterocycles. The Morgan fingerprint density at radius 3 is 2.06 bits per heavy atom. The van der Waals surface area contributed by atoms with Gasteiger partial charge >= 0.3 is 0 Å². The molecule has 0 bridgehead atoms. The van der Waals surface area contributed by atoms with Gasteiger partial charge < -0.3 is 4.48 Å². The van der Waals surface area contributed by atoms with Crippen molar-refractivity contribution < 1.29 is 4.48 Å². The lowest BCUT2D eigenvalue weighted by Gasteiger charge is -2.24. The van der Waals surface area contributed by atoms with E-state index in [9.17, 15) is 0 Å². The van der Waals surface area contributed by atoms with E-state index < -0.39 is 0 Å². The van der Waals surface area contributed by atoms with Crippen LogP contribution in [-0.4, -0.2) is 25.6 Å². The highest BCUT2D eigenvalue weighted by atomic mass is 15.3. The van der Waals surface area contributed by atoms with E-state index in [1.165, 1.54) is 31.2 Å². The SMILES string of the molecule is C[N+](C)(C)Cc1ccc(C2CCCC2)cc1. The molecule has 16 heavy (non-hydrogen) atoms. The van der Waals surface area contributed by atoms with E-state index in [2.05, 4.69) is 45.4 Å². The van der Waals surface area contributed by atoms with Crippen LogP contribution in [0.25, 0.3) is 0 Å². The zero-order valence-corrected chi connectivity index (χ0v) is 10.9. The molecule has 2 rings (SSSR count). The Bertz CT molecular complexity index is 325. The van der Waals surface area contributed by atoms with Crippen molar-refractivity contribution in [3.8, 4) is 0 Å². The Kier molecular flexibility index (Phi) is 3.34. The second kappa shape index (κ2) is 4.58. The lowest BCUT2D eigenvalue weighted by molar-refractivity contribution is -0.884. The predicted octanol–water partition coefficient (Wildman–Crippen LogP) is 3.55. The van der Waals surface area contributed by atoms with Crippen molar-refractivity contribution in [3.63, 3.8) is 0 Å². The molecule has 1 aliphatic rings. The molecule has 88 valence electrons. The fraction of sp³-hybridized carbons (Fsp3) is 0.600. The normalized spacial score (nSPS) is 17.9. The summed E-state index contributed by atoms with van der Waals surface area (Å²) >= 11 is 0. The second-order valence-electron chi connectivity index (χ2n) is 6.17. The summed E-state index contributed by atoms with van der Waals surface area (Å²) < 4.78 is 1.00. The topological polar surface area (TPSA) is 0 Å². The third-order valence-corrected chi connectivity index (χ3v) is 3.46. The minimum atomic E-state index is 0.846. The van der Waals surface area contributed by atoms with Gasteiger partial charge in [0.2, 0.25) is 0 Å². The summed E-state index contributed by atoms with van der Waals surface area (Å²) in [4.78, 5) is 0. The van der Waals surface area contributed by atoms with Crippen LogP contribution in [-0.2, 0) is 6.54 Å². The molecule has 0 spiro atoms. The average molecular weight is 218 g/mol. The molecule has 1 saturated carbocycles. The molecule has 0 N–H and O–H groups in total. The van der Waals surface area contributed by atoms with Crippen molar-refractivity contribution >= 4 is 0 Å². The van der Waals surface area contributed by atoms with E-state index in [1.807, 2.05) is 0 Å². The van der Waals surface area contributed by atoms with Crippen molar-refractivity contribution in [2.24, 2.45) is 0 Å². The summed E-state index contributed by atoms with van der Waals surface area (Å²) in [6.07, 6.45) is 5.64. The van der Waals surface area contributed by atoms with Crippen molar-refractivity contribution in [1.82, 2.24) is 0 Å². The van der Waals surface area contributed by atoms with Crippen LogP contribution in [0.4, 0.5) is 0 Å². The molecular weight excluding hydrogens is 194 g/mol.